The van der Waals surface area contributed by atoms with Crippen LogP contribution in [0.15, 0.2) is 22.8 Å². The van der Waals surface area contributed by atoms with E-state index in [9.17, 15) is 4.79 Å². The zero-order valence-electron chi connectivity index (χ0n) is 7.56. The van der Waals surface area contributed by atoms with Gasteiger partial charge in [-0.25, -0.2) is 0 Å². The third kappa shape index (κ3) is 1.28. The monoisotopic (exact) mass is 150 g/mol. The van der Waals surface area contributed by atoms with Gasteiger partial charge in [0.2, 0.25) is 0 Å². The lowest BCUT2D eigenvalue weighted by atomic mass is 9.85. The number of ketones is 1. The summed E-state index contributed by atoms with van der Waals surface area (Å²) < 4.78 is 0. The minimum Gasteiger partial charge on any atom is -0.290 e. The summed E-state index contributed by atoms with van der Waals surface area (Å²) in [5.41, 5.74) is 3.32. The fourth-order valence-corrected chi connectivity index (χ4v) is 1.30. The van der Waals surface area contributed by atoms with E-state index >= 15 is 0 Å². The van der Waals surface area contributed by atoms with Gasteiger partial charge in [-0.05, 0) is 38.3 Å². The van der Waals surface area contributed by atoms with Crippen molar-refractivity contribution >= 4 is 5.78 Å². The summed E-state index contributed by atoms with van der Waals surface area (Å²) in [6.45, 7) is 8.08. The highest BCUT2D eigenvalue weighted by molar-refractivity contribution is 6.05. The highest BCUT2D eigenvalue weighted by Crippen LogP contribution is 2.27. The molecule has 0 aromatic carbocycles. The van der Waals surface area contributed by atoms with Gasteiger partial charge in [-0.3, -0.25) is 4.79 Å². The van der Waals surface area contributed by atoms with Crippen LogP contribution in [-0.4, -0.2) is 5.78 Å². The maximum atomic E-state index is 11.2. The normalized spacial score (nSPS) is 25.6. The van der Waals surface area contributed by atoms with E-state index in [1.807, 2.05) is 20.8 Å². The molecule has 1 atom stereocenters. The number of hydrogen-bond donors (Lipinski definition) is 0. The summed E-state index contributed by atoms with van der Waals surface area (Å²) in [5.74, 6) is 0.630. The molecule has 0 aliphatic heterocycles. The average Bonchev–Trinajstić information content (AvgIpc) is 1.97. The quantitative estimate of drug-likeness (QED) is 0.518. The predicted molar refractivity (Wildman–Crippen MR) is 46.3 cm³/mol. The molecule has 1 unspecified atom stereocenters. The van der Waals surface area contributed by atoms with Crippen molar-refractivity contribution in [1.29, 1.82) is 0 Å². The van der Waals surface area contributed by atoms with Gasteiger partial charge < -0.3 is 0 Å². The Morgan fingerprint density at radius 3 is 2.36 bits per heavy atom. The van der Waals surface area contributed by atoms with E-state index in [0.717, 1.165) is 5.57 Å². The maximum Gasteiger partial charge on any atom is 0.181 e. The van der Waals surface area contributed by atoms with Crippen molar-refractivity contribution in [2.45, 2.75) is 27.7 Å². The van der Waals surface area contributed by atoms with Crippen LogP contribution >= 0.6 is 0 Å². The molecule has 0 saturated carbocycles. The van der Waals surface area contributed by atoms with Gasteiger partial charge in [0.25, 0.3) is 0 Å². The lowest BCUT2D eigenvalue weighted by Crippen LogP contribution is -2.12. The molecule has 0 heterocycles. The minimum atomic E-state index is 0.179. The van der Waals surface area contributed by atoms with Crippen LogP contribution in [0.2, 0.25) is 0 Å². The second kappa shape index (κ2) is 2.65. The van der Waals surface area contributed by atoms with Gasteiger partial charge >= 0.3 is 0 Å². The summed E-state index contributed by atoms with van der Waals surface area (Å²) in [7, 11) is 0. The Hall–Kier alpha value is -0.850. The third-order valence-electron chi connectivity index (χ3n) is 2.65. The van der Waals surface area contributed by atoms with Crippen molar-refractivity contribution in [3.05, 3.63) is 22.8 Å². The van der Waals surface area contributed by atoms with Gasteiger partial charge in [0.1, 0.15) is 0 Å². The van der Waals surface area contributed by atoms with Crippen LogP contribution < -0.4 is 0 Å². The Morgan fingerprint density at radius 2 is 1.82 bits per heavy atom. The molecule has 0 radical (unpaired) electrons. The number of carbonyl (C=O) groups excluding carboxylic acids is 1. The van der Waals surface area contributed by atoms with E-state index in [4.69, 9.17) is 0 Å². The smallest absolute Gasteiger partial charge is 0.181 e. The zero-order chi connectivity index (χ0) is 8.59. The Bertz CT molecular complexity index is 256. The van der Waals surface area contributed by atoms with Crippen LogP contribution in [0, 0.1) is 5.92 Å². The van der Waals surface area contributed by atoms with Crippen LogP contribution in [0.4, 0.5) is 0 Å². The van der Waals surface area contributed by atoms with Gasteiger partial charge in [-0.2, -0.15) is 0 Å². The number of carbonyl (C=O) groups is 1. The van der Waals surface area contributed by atoms with E-state index in [2.05, 4.69) is 6.92 Å². The van der Waals surface area contributed by atoms with Crippen LogP contribution in [0.25, 0.3) is 0 Å². The highest BCUT2D eigenvalue weighted by atomic mass is 16.1. The predicted octanol–water partition coefficient (Wildman–Crippen LogP) is 2.49. The molecule has 0 amide bonds. The van der Waals surface area contributed by atoms with Gasteiger partial charge in [-0.15, -0.1) is 0 Å². The molecular weight excluding hydrogens is 136 g/mol. The summed E-state index contributed by atoms with van der Waals surface area (Å²) in [4.78, 5) is 11.2. The first-order chi connectivity index (χ1) is 5.04. The Kier molecular flexibility index (Phi) is 1.99. The summed E-state index contributed by atoms with van der Waals surface area (Å²) in [6.07, 6.45) is 1.74. The Labute approximate surface area is 67.8 Å². The second-order valence-electron chi connectivity index (χ2n) is 3.28. The lowest BCUT2D eigenvalue weighted by molar-refractivity contribution is -0.111. The van der Waals surface area contributed by atoms with Crippen molar-refractivity contribution in [1.82, 2.24) is 0 Å². The van der Waals surface area contributed by atoms with Crippen LogP contribution in [-0.2, 0) is 4.79 Å². The molecule has 1 nitrogen and oxygen atoms in total. The first-order valence-corrected chi connectivity index (χ1v) is 3.94. The molecule has 0 fully saturated rings. The first-order valence-electron chi connectivity index (χ1n) is 3.94. The van der Waals surface area contributed by atoms with E-state index < -0.39 is 0 Å². The topological polar surface area (TPSA) is 17.1 Å². The molecule has 60 valence electrons. The lowest BCUT2D eigenvalue weighted by Gasteiger charge is -2.19. The Morgan fingerprint density at radius 1 is 1.27 bits per heavy atom. The standard InChI is InChI=1S/C10H14O/c1-6-5-10(11)9(4)8(3)7(6)2/h5,7H,1-4H3. The van der Waals surface area contributed by atoms with Crippen molar-refractivity contribution in [3.63, 3.8) is 0 Å². The van der Waals surface area contributed by atoms with Gasteiger partial charge in [-0.1, -0.05) is 18.1 Å². The minimum absolute atomic E-state index is 0.179. The maximum absolute atomic E-state index is 11.2. The molecule has 1 aliphatic rings. The van der Waals surface area contributed by atoms with Gasteiger partial charge in [0, 0.05) is 0 Å². The molecule has 1 rings (SSSR count). The number of allylic oxidation sites excluding steroid dienone is 4. The van der Waals surface area contributed by atoms with E-state index in [0.29, 0.717) is 5.92 Å². The average molecular weight is 150 g/mol. The molecule has 0 saturated heterocycles. The first kappa shape index (κ1) is 8.25. The van der Waals surface area contributed by atoms with E-state index in [1.165, 1.54) is 11.1 Å². The fourth-order valence-electron chi connectivity index (χ4n) is 1.30. The highest BCUT2D eigenvalue weighted by Gasteiger charge is 2.18. The SMILES string of the molecule is CC1=CC(=O)C(C)=C(C)C1C. The summed E-state index contributed by atoms with van der Waals surface area (Å²) in [5, 5.41) is 0. The molecule has 0 aromatic heterocycles. The van der Waals surface area contributed by atoms with Crippen LogP contribution in [0.1, 0.15) is 27.7 Å². The Balaban J connectivity index is 3.08. The fraction of sp³-hybridized carbons (Fsp3) is 0.500. The van der Waals surface area contributed by atoms with E-state index in [1.54, 1.807) is 6.08 Å². The zero-order valence-corrected chi connectivity index (χ0v) is 7.56. The summed E-state index contributed by atoms with van der Waals surface area (Å²) in [6, 6.07) is 0. The van der Waals surface area contributed by atoms with Crippen molar-refractivity contribution < 1.29 is 4.79 Å². The van der Waals surface area contributed by atoms with Gasteiger partial charge in [0.05, 0.1) is 0 Å². The second-order valence-corrected chi connectivity index (χ2v) is 3.28. The molecule has 0 aromatic rings. The molecular formula is C10H14O. The van der Waals surface area contributed by atoms with Crippen molar-refractivity contribution in [3.8, 4) is 0 Å². The number of hydrogen-bond acceptors (Lipinski definition) is 1. The van der Waals surface area contributed by atoms with Crippen molar-refractivity contribution in [2.75, 3.05) is 0 Å². The van der Waals surface area contributed by atoms with Gasteiger partial charge in [0.15, 0.2) is 5.78 Å². The molecule has 1 aliphatic carbocycles. The largest absolute Gasteiger partial charge is 0.290 e. The number of rotatable bonds is 0. The molecule has 1 heteroatoms. The van der Waals surface area contributed by atoms with E-state index in [-0.39, 0.29) is 5.78 Å². The third-order valence-corrected chi connectivity index (χ3v) is 2.65. The molecule has 0 N–H and O–H groups in total. The molecule has 11 heavy (non-hydrogen) atoms. The molecule has 0 bridgehead atoms. The van der Waals surface area contributed by atoms with Crippen molar-refractivity contribution in [2.24, 2.45) is 5.92 Å². The summed E-state index contributed by atoms with van der Waals surface area (Å²) >= 11 is 0. The van der Waals surface area contributed by atoms with Crippen LogP contribution in [0.5, 0.6) is 0 Å². The van der Waals surface area contributed by atoms with Crippen LogP contribution in [0.3, 0.4) is 0 Å². The molecule has 0 spiro atoms.